The molecule has 0 aliphatic rings. The zero-order valence-electron chi connectivity index (χ0n) is 15.2. The Bertz CT molecular complexity index is 712. The molecular formula is C20H24O5. The Hall–Kier alpha value is -2.69. The van der Waals surface area contributed by atoms with Crippen molar-refractivity contribution < 1.29 is 24.1 Å². The van der Waals surface area contributed by atoms with Crippen LogP contribution in [0.15, 0.2) is 42.5 Å². The van der Waals surface area contributed by atoms with Gasteiger partial charge in [-0.2, -0.15) is 0 Å². The molecule has 25 heavy (non-hydrogen) atoms. The molecular weight excluding hydrogens is 320 g/mol. The predicted molar refractivity (Wildman–Crippen MR) is 95.8 cm³/mol. The van der Waals surface area contributed by atoms with Gasteiger partial charge in [-0.15, -0.1) is 0 Å². The maximum atomic E-state index is 12.0. The summed E-state index contributed by atoms with van der Waals surface area (Å²) < 4.78 is 16.4. The van der Waals surface area contributed by atoms with Crippen molar-refractivity contribution in [2.75, 3.05) is 21.3 Å². The van der Waals surface area contributed by atoms with Gasteiger partial charge in [-0.25, -0.2) is 0 Å². The lowest BCUT2D eigenvalue weighted by atomic mass is 9.70. The van der Waals surface area contributed by atoms with E-state index in [2.05, 4.69) is 0 Å². The van der Waals surface area contributed by atoms with Crippen molar-refractivity contribution in [1.29, 1.82) is 0 Å². The van der Waals surface area contributed by atoms with E-state index in [4.69, 9.17) is 14.2 Å². The summed E-state index contributed by atoms with van der Waals surface area (Å²) in [4.78, 5) is 12.0. The number of carbonyl (C=O) groups is 1. The van der Waals surface area contributed by atoms with Gasteiger partial charge in [0.25, 0.3) is 0 Å². The maximum absolute atomic E-state index is 12.0. The summed E-state index contributed by atoms with van der Waals surface area (Å²) in [6, 6.07) is 13.0. The summed E-state index contributed by atoms with van der Waals surface area (Å²) in [6.45, 7) is 3.41. The van der Waals surface area contributed by atoms with Crippen molar-refractivity contribution >= 4 is 5.97 Å². The van der Waals surface area contributed by atoms with Crippen molar-refractivity contribution in [3.8, 4) is 17.2 Å². The maximum Gasteiger partial charge on any atom is 0.310 e. The molecule has 1 unspecified atom stereocenters. The molecule has 0 aliphatic carbocycles. The Morgan fingerprint density at radius 3 is 1.88 bits per heavy atom. The van der Waals surface area contributed by atoms with Crippen LogP contribution < -0.4 is 14.2 Å². The van der Waals surface area contributed by atoms with Crippen LogP contribution in [0.25, 0.3) is 0 Å². The number of benzene rings is 2. The highest BCUT2D eigenvalue weighted by Gasteiger charge is 2.42. The molecule has 1 N–H and O–H groups in total. The molecule has 0 amide bonds. The number of carboxylic acid groups (broad SMARTS) is 1. The third-order valence-electron chi connectivity index (χ3n) is 4.45. The second kappa shape index (κ2) is 7.47. The van der Waals surface area contributed by atoms with Crippen LogP contribution in [0.1, 0.15) is 30.9 Å². The second-order valence-electron chi connectivity index (χ2n) is 6.32. The van der Waals surface area contributed by atoms with Gasteiger partial charge in [-0.05, 0) is 19.4 Å². The summed E-state index contributed by atoms with van der Waals surface area (Å²) in [5.74, 6) is 0.263. The first-order valence-corrected chi connectivity index (χ1v) is 7.95. The van der Waals surface area contributed by atoms with Crippen LogP contribution in [-0.4, -0.2) is 32.4 Å². The van der Waals surface area contributed by atoms with Crippen LogP contribution in [0.2, 0.25) is 0 Å². The van der Waals surface area contributed by atoms with Gasteiger partial charge in [-0.3, -0.25) is 4.79 Å². The minimum atomic E-state index is -1.09. The third-order valence-corrected chi connectivity index (χ3v) is 4.45. The molecule has 0 aliphatic heterocycles. The highest BCUT2D eigenvalue weighted by atomic mass is 16.5. The molecule has 134 valence electrons. The normalized spacial score (nSPS) is 12.4. The van der Waals surface area contributed by atoms with Gasteiger partial charge in [0, 0.05) is 23.6 Å². The van der Waals surface area contributed by atoms with Gasteiger partial charge in [-0.1, -0.05) is 30.3 Å². The molecule has 2 aromatic rings. The van der Waals surface area contributed by atoms with Crippen LogP contribution in [-0.2, 0) is 4.79 Å². The zero-order valence-corrected chi connectivity index (χ0v) is 15.2. The average molecular weight is 344 g/mol. The van der Waals surface area contributed by atoms with Crippen LogP contribution in [0.4, 0.5) is 0 Å². The van der Waals surface area contributed by atoms with Crippen molar-refractivity contribution in [3.05, 3.63) is 53.6 Å². The fraction of sp³-hybridized carbons (Fsp3) is 0.350. The number of hydrogen-bond donors (Lipinski definition) is 1. The molecule has 0 saturated heterocycles. The van der Waals surface area contributed by atoms with E-state index in [0.29, 0.717) is 22.8 Å². The number of hydrogen-bond acceptors (Lipinski definition) is 4. The lowest BCUT2D eigenvalue weighted by molar-refractivity contribution is -0.147. The molecule has 0 fully saturated rings. The molecule has 0 spiro atoms. The number of methoxy groups -OCH3 is 3. The molecule has 5 heteroatoms. The monoisotopic (exact) mass is 344 g/mol. The summed E-state index contributed by atoms with van der Waals surface area (Å²) in [5, 5.41) is 9.86. The third kappa shape index (κ3) is 3.55. The minimum absolute atomic E-state index is 0.470. The van der Waals surface area contributed by atoms with Gasteiger partial charge in [0.15, 0.2) is 0 Å². The van der Waals surface area contributed by atoms with E-state index < -0.39 is 17.3 Å². The topological polar surface area (TPSA) is 65.0 Å². The second-order valence-corrected chi connectivity index (χ2v) is 6.32. The van der Waals surface area contributed by atoms with Crippen LogP contribution >= 0.6 is 0 Å². The standard InChI is InChI=1S/C20H24O5/c1-20(2,19(21)22)18(13-9-7-6-8-10-13)17-15(24-4)11-14(23-3)12-16(17)25-5/h6-12,18H,1-5H3,(H,21,22). The predicted octanol–water partition coefficient (Wildman–Crippen LogP) is 3.96. The fourth-order valence-electron chi connectivity index (χ4n) is 3.03. The van der Waals surface area contributed by atoms with Crippen molar-refractivity contribution in [3.63, 3.8) is 0 Å². The van der Waals surface area contributed by atoms with Crippen LogP contribution in [0.3, 0.4) is 0 Å². The van der Waals surface area contributed by atoms with Gasteiger partial charge in [0.2, 0.25) is 0 Å². The van der Waals surface area contributed by atoms with Crippen molar-refractivity contribution in [2.24, 2.45) is 5.41 Å². The van der Waals surface area contributed by atoms with Crippen LogP contribution in [0, 0.1) is 5.41 Å². The van der Waals surface area contributed by atoms with E-state index >= 15 is 0 Å². The van der Waals surface area contributed by atoms with Gasteiger partial charge in [0.05, 0.1) is 26.7 Å². The SMILES string of the molecule is COc1cc(OC)c(C(c2ccccc2)C(C)(C)C(=O)O)c(OC)c1. The summed E-state index contributed by atoms with van der Waals surface area (Å²) in [6.07, 6.45) is 0. The first-order chi connectivity index (χ1) is 11.9. The Kier molecular flexibility index (Phi) is 5.57. The van der Waals surface area contributed by atoms with E-state index in [9.17, 15) is 9.90 Å². The van der Waals surface area contributed by atoms with E-state index in [1.165, 1.54) is 0 Å². The largest absolute Gasteiger partial charge is 0.496 e. The smallest absolute Gasteiger partial charge is 0.310 e. The van der Waals surface area contributed by atoms with E-state index in [-0.39, 0.29) is 0 Å². The van der Waals surface area contributed by atoms with Gasteiger partial charge < -0.3 is 19.3 Å². The van der Waals surface area contributed by atoms with Gasteiger partial charge >= 0.3 is 5.97 Å². The number of carboxylic acids is 1. The molecule has 5 nitrogen and oxygen atoms in total. The van der Waals surface area contributed by atoms with Crippen molar-refractivity contribution in [2.45, 2.75) is 19.8 Å². The Labute approximate surface area is 148 Å². The highest BCUT2D eigenvalue weighted by molar-refractivity contribution is 5.77. The first-order valence-electron chi connectivity index (χ1n) is 7.95. The highest BCUT2D eigenvalue weighted by Crippen LogP contribution is 2.49. The van der Waals surface area contributed by atoms with Gasteiger partial charge in [0.1, 0.15) is 17.2 Å². The summed E-state index contributed by atoms with van der Waals surface area (Å²) >= 11 is 0. The minimum Gasteiger partial charge on any atom is -0.496 e. The van der Waals surface area contributed by atoms with E-state index in [1.807, 2.05) is 30.3 Å². The quantitative estimate of drug-likeness (QED) is 0.824. The Morgan fingerprint density at radius 2 is 1.48 bits per heavy atom. The molecule has 0 bridgehead atoms. The molecule has 0 heterocycles. The molecule has 2 aromatic carbocycles. The number of rotatable bonds is 7. The lowest BCUT2D eigenvalue weighted by Crippen LogP contribution is -2.32. The van der Waals surface area contributed by atoms with E-state index in [1.54, 1.807) is 47.3 Å². The molecule has 0 radical (unpaired) electrons. The average Bonchev–Trinajstić information content (AvgIpc) is 2.62. The molecule has 0 saturated carbocycles. The van der Waals surface area contributed by atoms with E-state index in [0.717, 1.165) is 5.56 Å². The van der Waals surface area contributed by atoms with Crippen molar-refractivity contribution in [1.82, 2.24) is 0 Å². The summed E-state index contributed by atoms with van der Waals surface area (Å²) in [5.41, 5.74) is 0.470. The molecule has 1 atom stereocenters. The molecule has 0 aromatic heterocycles. The van der Waals surface area contributed by atoms with Crippen LogP contribution in [0.5, 0.6) is 17.2 Å². The fourth-order valence-corrected chi connectivity index (χ4v) is 3.03. The number of aliphatic carboxylic acids is 1. The number of ether oxygens (including phenoxy) is 3. The Balaban J connectivity index is 2.81. The molecule has 2 rings (SSSR count). The lowest BCUT2D eigenvalue weighted by Gasteiger charge is -2.33. The zero-order chi connectivity index (χ0) is 18.6. The Morgan fingerprint density at radius 1 is 0.960 bits per heavy atom. The summed E-state index contributed by atoms with van der Waals surface area (Å²) in [7, 11) is 4.66. The first kappa shape index (κ1) is 18.6.